The van der Waals surface area contributed by atoms with E-state index in [0.717, 1.165) is 17.7 Å². The van der Waals surface area contributed by atoms with E-state index in [1.54, 1.807) is 17.8 Å². The monoisotopic (exact) mass is 310 g/mol. The molecule has 1 aliphatic heterocycles. The van der Waals surface area contributed by atoms with Crippen LogP contribution in [-0.2, 0) is 4.79 Å². The number of carbonyl (C=O) groups excluding carboxylic acids is 1. The molecule has 5 heteroatoms. The molecule has 1 heterocycles. The zero-order valence-electron chi connectivity index (χ0n) is 12.8. The molecular formula is C16H23FN2OS. The quantitative estimate of drug-likeness (QED) is 0.876. The van der Waals surface area contributed by atoms with Crippen LogP contribution in [0.1, 0.15) is 32.0 Å². The van der Waals surface area contributed by atoms with Gasteiger partial charge in [-0.05, 0) is 42.0 Å². The summed E-state index contributed by atoms with van der Waals surface area (Å²) in [6.45, 7) is 4.84. The Kier molecular flexibility index (Phi) is 5.65. The molecule has 1 amide bonds. The lowest BCUT2D eigenvalue weighted by molar-refractivity contribution is -0.130. The second kappa shape index (κ2) is 7.27. The van der Waals surface area contributed by atoms with Gasteiger partial charge in [-0.25, -0.2) is 4.39 Å². The first-order valence-corrected chi connectivity index (χ1v) is 8.77. The molecular weight excluding hydrogens is 287 g/mol. The predicted molar refractivity (Wildman–Crippen MR) is 85.6 cm³/mol. The third-order valence-electron chi connectivity index (χ3n) is 3.78. The van der Waals surface area contributed by atoms with Gasteiger partial charge in [0.05, 0.1) is 6.04 Å². The SMILES string of the molecule is CCC1NC(c2cccc(F)c2)N(CC(C)CSC)C1=O. The lowest BCUT2D eigenvalue weighted by Gasteiger charge is -2.27. The summed E-state index contributed by atoms with van der Waals surface area (Å²) in [7, 11) is 0. The second-order valence-electron chi connectivity index (χ2n) is 5.64. The number of rotatable bonds is 6. The van der Waals surface area contributed by atoms with Crippen LogP contribution in [0.25, 0.3) is 0 Å². The van der Waals surface area contributed by atoms with Crippen molar-refractivity contribution < 1.29 is 9.18 Å². The number of nitrogens with zero attached hydrogens (tertiary/aromatic N) is 1. The summed E-state index contributed by atoms with van der Waals surface area (Å²) in [5.74, 6) is 1.28. The minimum atomic E-state index is -0.265. The van der Waals surface area contributed by atoms with Gasteiger partial charge in [-0.3, -0.25) is 10.1 Å². The molecule has 0 bridgehead atoms. The van der Waals surface area contributed by atoms with Gasteiger partial charge in [0.1, 0.15) is 12.0 Å². The molecule has 1 aromatic carbocycles. The Bertz CT molecular complexity index is 497. The van der Waals surface area contributed by atoms with E-state index in [2.05, 4.69) is 18.5 Å². The standard InChI is InChI=1S/C16H23FN2OS/c1-4-14-16(20)19(9-11(2)10-21-3)15(18-14)12-6-5-7-13(17)8-12/h5-8,11,14-15,18H,4,9-10H2,1-3H3. The highest BCUT2D eigenvalue weighted by molar-refractivity contribution is 7.98. The first kappa shape index (κ1) is 16.3. The Morgan fingerprint density at radius 1 is 1.48 bits per heavy atom. The lowest BCUT2D eigenvalue weighted by Crippen LogP contribution is -2.35. The highest BCUT2D eigenvalue weighted by atomic mass is 32.2. The first-order valence-electron chi connectivity index (χ1n) is 7.37. The van der Waals surface area contributed by atoms with Crippen molar-refractivity contribution in [2.75, 3.05) is 18.6 Å². The molecule has 0 radical (unpaired) electrons. The van der Waals surface area contributed by atoms with Crippen molar-refractivity contribution in [2.24, 2.45) is 5.92 Å². The van der Waals surface area contributed by atoms with Crippen molar-refractivity contribution in [2.45, 2.75) is 32.5 Å². The Labute approximate surface area is 130 Å². The zero-order chi connectivity index (χ0) is 15.4. The number of amides is 1. The topological polar surface area (TPSA) is 32.3 Å². The van der Waals surface area contributed by atoms with Crippen molar-refractivity contribution in [1.29, 1.82) is 0 Å². The summed E-state index contributed by atoms with van der Waals surface area (Å²) in [6.07, 6.45) is 2.60. The van der Waals surface area contributed by atoms with E-state index < -0.39 is 0 Å². The Hall–Kier alpha value is -1.07. The van der Waals surface area contributed by atoms with Crippen LogP contribution < -0.4 is 5.32 Å². The van der Waals surface area contributed by atoms with E-state index in [4.69, 9.17) is 0 Å². The van der Waals surface area contributed by atoms with Gasteiger partial charge in [0.15, 0.2) is 0 Å². The average molecular weight is 310 g/mol. The Morgan fingerprint density at radius 3 is 2.86 bits per heavy atom. The molecule has 1 N–H and O–H groups in total. The number of nitrogens with one attached hydrogen (secondary N) is 1. The summed E-state index contributed by atoms with van der Waals surface area (Å²) in [5, 5.41) is 3.33. The van der Waals surface area contributed by atoms with Crippen LogP contribution in [0.5, 0.6) is 0 Å². The van der Waals surface area contributed by atoms with Crippen LogP contribution >= 0.6 is 11.8 Å². The molecule has 1 fully saturated rings. The minimum Gasteiger partial charge on any atom is -0.321 e. The van der Waals surface area contributed by atoms with Crippen molar-refractivity contribution in [3.63, 3.8) is 0 Å². The van der Waals surface area contributed by atoms with E-state index >= 15 is 0 Å². The predicted octanol–water partition coefficient (Wildman–Crippen LogP) is 3.03. The summed E-state index contributed by atoms with van der Waals surface area (Å²) >= 11 is 1.78. The van der Waals surface area contributed by atoms with E-state index in [-0.39, 0.29) is 23.9 Å². The van der Waals surface area contributed by atoms with Gasteiger partial charge in [0.25, 0.3) is 0 Å². The highest BCUT2D eigenvalue weighted by Gasteiger charge is 2.38. The number of halogens is 1. The van der Waals surface area contributed by atoms with Crippen molar-refractivity contribution in [3.8, 4) is 0 Å². The Balaban J connectivity index is 2.22. The van der Waals surface area contributed by atoms with Crippen LogP contribution in [0.2, 0.25) is 0 Å². The maximum absolute atomic E-state index is 13.5. The molecule has 3 atom stereocenters. The fourth-order valence-electron chi connectivity index (χ4n) is 2.79. The van der Waals surface area contributed by atoms with Gasteiger partial charge >= 0.3 is 0 Å². The third-order valence-corrected chi connectivity index (χ3v) is 4.69. The fraction of sp³-hybridized carbons (Fsp3) is 0.562. The largest absolute Gasteiger partial charge is 0.321 e. The van der Waals surface area contributed by atoms with Crippen molar-refractivity contribution in [1.82, 2.24) is 10.2 Å². The first-order chi connectivity index (χ1) is 10.1. The number of hydrogen-bond acceptors (Lipinski definition) is 3. The molecule has 21 heavy (non-hydrogen) atoms. The van der Waals surface area contributed by atoms with E-state index in [9.17, 15) is 9.18 Å². The van der Waals surface area contributed by atoms with Crippen molar-refractivity contribution >= 4 is 17.7 Å². The summed E-state index contributed by atoms with van der Waals surface area (Å²) in [6, 6.07) is 6.34. The minimum absolute atomic E-state index is 0.125. The second-order valence-corrected chi connectivity index (χ2v) is 6.55. The maximum Gasteiger partial charge on any atom is 0.241 e. The molecule has 0 aliphatic carbocycles. The lowest BCUT2D eigenvalue weighted by atomic mass is 10.1. The molecule has 0 spiro atoms. The molecule has 1 aliphatic rings. The van der Waals surface area contributed by atoms with Crippen LogP contribution in [0.3, 0.4) is 0 Å². The van der Waals surface area contributed by atoms with Gasteiger partial charge in [-0.2, -0.15) is 11.8 Å². The number of hydrogen-bond donors (Lipinski definition) is 1. The van der Waals surface area contributed by atoms with Gasteiger partial charge in [-0.1, -0.05) is 26.0 Å². The highest BCUT2D eigenvalue weighted by Crippen LogP contribution is 2.28. The van der Waals surface area contributed by atoms with Gasteiger partial charge < -0.3 is 4.90 Å². The van der Waals surface area contributed by atoms with Crippen LogP contribution in [0.15, 0.2) is 24.3 Å². The molecule has 1 aromatic rings. The molecule has 3 nitrogen and oxygen atoms in total. The fourth-order valence-corrected chi connectivity index (χ4v) is 3.47. The van der Waals surface area contributed by atoms with Gasteiger partial charge in [0, 0.05) is 6.54 Å². The summed E-state index contributed by atoms with van der Waals surface area (Å²) < 4.78 is 13.5. The molecule has 0 aromatic heterocycles. The Morgan fingerprint density at radius 2 is 2.24 bits per heavy atom. The van der Waals surface area contributed by atoms with E-state index in [1.165, 1.54) is 12.1 Å². The third kappa shape index (κ3) is 3.77. The number of thioether (sulfide) groups is 1. The average Bonchev–Trinajstić information content (AvgIpc) is 2.76. The molecule has 116 valence electrons. The summed E-state index contributed by atoms with van der Waals surface area (Å²) in [4.78, 5) is 14.4. The number of carbonyl (C=O) groups is 1. The summed E-state index contributed by atoms with van der Waals surface area (Å²) in [5.41, 5.74) is 0.815. The van der Waals surface area contributed by atoms with E-state index in [1.807, 2.05) is 17.9 Å². The van der Waals surface area contributed by atoms with Gasteiger partial charge in [0.2, 0.25) is 5.91 Å². The van der Waals surface area contributed by atoms with Crippen LogP contribution in [0, 0.1) is 11.7 Å². The molecule has 3 unspecified atom stereocenters. The van der Waals surface area contributed by atoms with Gasteiger partial charge in [-0.15, -0.1) is 0 Å². The number of benzene rings is 1. The van der Waals surface area contributed by atoms with E-state index in [0.29, 0.717) is 12.5 Å². The normalized spacial score (nSPS) is 23.6. The van der Waals surface area contributed by atoms with Crippen LogP contribution in [0.4, 0.5) is 4.39 Å². The molecule has 2 rings (SSSR count). The molecule has 1 saturated heterocycles. The zero-order valence-corrected chi connectivity index (χ0v) is 13.6. The molecule has 0 saturated carbocycles. The van der Waals surface area contributed by atoms with Crippen molar-refractivity contribution in [3.05, 3.63) is 35.6 Å². The maximum atomic E-state index is 13.5. The smallest absolute Gasteiger partial charge is 0.241 e. The van der Waals surface area contributed by atoms with Crippen LogP contribution in [-0.4, -0.2) is 35.4 Å².